The molecule has 0 unspecified atom stereocenters. The van der Waals surface area contributed by atoms with Crippen molar-refractivity contribution in [2.75, 3.05) is 11.9 Å². The molecule has 2 aromatic rings. The highest BCUT2D eigenvalue weighted by Gasteiger charge is 2.14. The van der Waals surface area contributed by atoms with E-state index in [9.17, 15) is 13.6 Å². The molecule has 0 aliphatic rings. The first-order chi connectivity index (χ1) is 10.0. The number of hydrogen-bond acceptors (Lipinski definition) is 2. The molecule has 0 atom stereocenters. The summed E-state index contributed by atoms with van der Waals surface area (Å²) in [6.07, 6.45) is 0. The van der Waals surface area contributed by atoms with Crippen LogP contribution in [0.15, 0.2) is 36.4 Å². The summed E-state index contributed by atoms with van der Waals surface area (Å²) in [5, 5.41) is 2.24. The van der Waals surface area contributed by atoms with Gasteiger partial charge in [-0.25, -0.2) is 8.78 Å². The van der Waals surface area contributed by atoms with Crippen LogP contribution < -0.4 is 10.1 Å². The lowest BCUT2D eigenvalue weighted by molar-refractivity contribution is 0.102. The van der Waals surface area contributed by atoms with Gasteiger partial charge in [0, 0.05) is 5.56 Å². The van der Waals surface area contributed by atoms with Crippen LogP contribution in [0, 0.1) is 18.6 Å². The molecule has 2 rings (SSSR count). The first-order valence-electron chi connectivity index (χ1n) is 6.51. The summed E-state index contributed by atoms with van der Waals surface area (Å²) in [6, 6.07) is 8.22. The van der Waals surface area contributed by atoms with Crippen LogP contribution >= 0.6 is 0 Å². The van der Waals surface area contributed by atoms with Crippen LogP contribution in [0.3, 0.4) is 0 Å². The Labute approximate surface area is 121 Å². The molecule has 0 aliphatic carbocycles. The Morgan fingerprint density at radius 3 is 2.43 bits per heavy atom. The zero-order chi connectivity index (χ0) is 15.4. The second-order valence-electron chi connectivity index (χ2n) is 4.46. The maximum atomic E-state index is 13.5. The van der Waals surface area contributed by atoms with Gasteiger partial charge >= 0.3 is 0 Å². The van der Waals surface area contributed by atoms with Crippen LogP contribution in [0.4, 0.5) is 14.5 Å². The molecule has 2 aromatic carbocycles. The van der Waals surface area contributed by atoms with Gasteiger partial charge < -0.3 is 10.1 Å². The summed E-state index contributed by atoms with van der Waals surface area (Å²) in [6.45, 7) is 4.18. The number of anilines is 1. The Bertz CT molecular complexity index is 651. The maximum Gasteiger partial charge on any atom is 0.255 e. The van der Waals surface area contributed by atoms with Crippen LogP contribution in [0.5, 0.6) is 5.75 Å². The number of benzene rings is 2. The van der Waals surface area contributed by atoms with E-state index in [1.54, 1.807) is 25.1 Å². The molecule has 110 valence electrons. The van der Waals surface area contributed by atoms with E-state index in [1.807, 2.05) is 6.92 Å². The number of carbonyl (C=O) groups excluding carboxylic acids is 1. The Morgan fingerprint density at radius 2 is 1.86 bits per heavy atom. The maximum absolute atomic E-state index is 13.5. The van der Waals surface area contributed by atoms with Crippen LogP contribution in [0.2, 0.25) is 0 Å². The van der Waals surface area contributed by atoms with E-state index in [0.717, 1.165) is 17.7 Å². The molecule has 21 heavy (non-hydrogen) atoms. The quantitative estimate of drug-likeness (QED) is 0.927. The lowest BCUT2D eigenvalue weighted by atomic mass is 10.1. The van der Waals surface area contributed by atoms with Crippen molar-refractivity contribution in [1.82, 2.24) is 0 Å². The number of amides is 1. The number of para-hydroxylation sites is 1. The molecule has 0 aromatic heterocycles. The number of rotatable bonds is 4. The van der Waals surface area contributed by atoms with Crippen LogP contribution in [0.1, 0.15) is 22.8 Å². The second kappa shape index (κ2) is 6.35. The molecule has 0 bridgehead atoms. The van der Waals surface area contributed by atoms with E-state index in [2.05, 4.69) is 5.32 Å². The molecule has 5 heteroatoms. The predicted molar refractivity (Wildman–Crippen MR) is 76.7 cm³/mol. The zero-order valence-electron chi connectivity index (χ0n) is 11.7. The molecule has 1 amide bonds. The highest BCUT2D eigenvalue weighted by molar-refractivity contribution is 6.04. The first-order valence-corrected chi connectivity index (χ1v) is 6.51. The van der Waals surface area contributed by atoms with E-state index in [1.165, 1.54) is 6.07 Å². The van der Waals surface area contributed by atoms with E-state index >= 15 is 0 Å². The van der Waals surface area contributed by atoms with E-state index in [-0.39, 0.29) is 0 Å². The molecule has 0 aliphatic heterocycles. The minimum atomic E-state index is -0.814. The summed E-state index contributed by atoms with van der Waals surface area (Å²) in [5.41, 5.74) is 0.631. The molecular formula is C16H15F2NO2. The standard InChI is InChI=1S/C16H15F2NO2/c1-3-21-14-8-7-11(9-10(14)2)16(20)19-15-12(17)5-4-6-13(15)18/h4-9H,3H2,1-2H3,(H,19,20). The summed E-state index contributed by atoms with van der Waals surface area (Å²) < 4.78 is 32.4. The third-order valence-electron chi connectivity index (χ3n) is 2.94. The topological polar surface area (TPSA) is 38.3 Å². The Morgan fingerprint density at radius 1 is 1.19 bits per heavy atom. The van der Waals surface area contributed by atoms with Gasteiger partial charge in [-0.2, -0.15) is 0 Å². The molecular weight excluding hydrogens is 276 g/mol. The van der Waals surface area contributed by atoms with Gasteiger partial charge in [0.1, 0.15) is 23.1 Å². The van der Waals surface area contributed by atoms with Gasteiger partial charge in [-0.15, -0.1) is 0 Å². The van der Waals surface area contributed by atoms with Crippen molar-refractivity contribution in [3.05, 3.63) is 59.2 Å². The Hall–Kier alpha value is -2.43. The van der Waals surface area contributed by atoms with E-state index < -0.39 is 23.2 Å². The van der Waals surface area contributed by atoms with E-state index in [0.29, 0.717) is 17.9 Å². The number of halogens is 2. The van der Waals surface area contributed by atoms with Gasteiger partial charge in [-0.1, -0.05) is 6.07 Å². The molecule has 0 spiro atoms. The second-order valence-corrected chi connectivity index (χ2v) is 4.46. The highest BCUT2D eigenvalue weighted by atomic mass is 19.1. The molecule has 0 saturated heterocycles. The number of ether oxygens (including phenoxy) is 1. The van der Waals surface area contributed by atoms with Crippen molar-refractivity contribution in [1.29, 1.82) is 0 Å². The number of nitrogens with one attached hydrogen (secondary N) is 1. The minimum absolute atomic E-state index is 0.304. The summed E-state index contributed by atoms with van der Waals surface area (Å²) >= 11 is 0. The van der Waals surface area contributed by atoms with Gasteiger partial charge in [-0.3, -0.25) is 4.79 Å². The fraction of sp³-hybridized carbons (Fsp3) is 0.188. The predicted octanol–water partition coefficient (Wildman–Crippen LogP) is 3.92. The molecule has 0 fully saturated rings. The average Bonchev–Trinajstić information content (AvgIpc) is 2.45. The Kier molecular flexibility index (Phi) is 4.52. The number of carbonyl (C=O) groups is 1. The normalized spacial score (nSPS) is 10.3. The van der Waals surface area contributed by atoms with Gasteiger partial charge in [-0.05, 0) is 49.7 Å². The van der Waals surface area contributed by atoms with Gasteiger partial charge in [0.25, 0.3) is 5.91 Å². The van der Waals surface area contributed by atoms with Crippen molar-refractivity contribution in [2.24, 2.45) is 0 Å². The third-order valence-corrected chi connectivity index (χ3v) is 2.94. The first kappa shape index (κ1) is 15.0. The molecule has 0 heterocycles. The number of aryl methyl sites for hydroxylation is 1. The summed E-state index contributed by atoms with van der Waals surface area (Å²) in [4.78, 5) is 12.1. The number of hydrogen-bond donors (Lipinski definition) is 1. The van der Waals surface area contributed by atoms with Gasteiger partial charge in [0.2, 0.25) is 0 Å². The average molecular weight is 291 g/mol. The van der Waals surface area contributed by atoms with Crippen LogP contribution in [-0.4, -0.2) is 12.5 Å². The van der Waals surface area contributed by atoms with Crippen molar-refractivity contribution in [3.63, 3.8) is 0 Å². The van der Waals surface area contributed by atoms with Crippen molar-refractivity contribution in [2.45, 2.75) is 13.8 Å². The Balaban J connectivity index is 2.23. The molecule has 3 nitrogen and oxygen atoms in total. The van der Waals surface area contributed by atoms with Crippen molar-refractivity contribution >= 4 is 11.6 Å². The van der Waals surface area contributed by atoms with Gasteiger partial charge in [0.15, 0.2) is 0 Å². The highest BCUT2D eigenvalue weighted by Crippen LogP contribution is 2.22. The fourth-order valence-corrected chi connectivity index (χ4v) is 1.91. The smallest absolute Gasteiger partial charge is 0.255 e. The van der Waals surface area contributed by atoms with E-state index in [4.69, 9.17) is 4.74 Å². The zero-order valence-corrected chi connectivity index (χ0v) is 11.7. The summed E-state index contributed by atoms with van der Waals surface area (Å²) in [7, 11) is 0. The third kappa shape index (κ3) is 3.37. The minimum Gasteiger partial charge on any atom is -0.494 e. The lowest BCUT2D eigenvalue weighted by Gasteiger charge is -2.10. The summed E-state index contributed by atoms with van der Waals surface area (Å²) in [5.74, 6) is -1.53. The van der Waals surface area contributed by atoms with Crippen molar-refractivity contribution in [3.8, 4) is 5.75 Å². The van der Waals surface area contributed by atoms with Crippen LogP contribution in [-0.2, 0) is 0 Å². The van der Waals surface area contributed by atoms with Gasteiger partial charge in [0.05, 0.1) is 6.61 Å². The lowest BCUT2D eigenvalue weighted by Crippen LogP contribution is -2.14. The monoisotopic (exact) mass is 291 g/mol. The molecule has 1 N–H and O–H groups in total. The van der Waals surface area contributed by atoms with Crippen LogP contribution in [0.25, 0.3) is 0 Å². The van der Waals surface area contributed by atoms with Crippen molar-refractivity contribution < 1.29 is 18.3 Å². The largest absolute Gasteiger partial charge is 0.494 e. The molecule has 0 radical (unpaired) electrons. The molecule has 0 saturated carbocycles. The SMILES string of the molecule is CCOc1ccc(C(=O)Nc2c(F)cccc2F)cc1C. The fourth-order valence-electron chi connectivity index (χ4n) is 1.91.